The van der Waals surface area contributed by atoms with Gasteiger partial charge in [0.25, 0.3) is 0 Å². The van der Waals surface area contributed by atoms with Gasteiger partial charge in [0.1, 0.15) is 5.82 Å². The van der Waals surface area contributed by atoms with Crippen LogP contribution in [0.3, 0.4) is 0 Å². The van der Waals surface area contributed by atoms with Crippen molar-refractivity contribution < 1.29 is 0 Å². The monoisotopic (exact) mass is 272 g/mol. The molecule has 0 fully saturated rings. The number of nitrogens with zero attached hydrogens (tertiary/aromatic N) is 2. The standard InChI is InChI=1S/C10H17BrN4/c1-3-4-5-7(2)14-9-8(11)6-13-10(12)15-9/h6-7H,3-5H2,1-2H3,(H3,12,13,14,15). The number of hydrogen-bond donors (Lipinski definition) is 2. The highest BCUT2D eigenvalue weighted by atomic mass is 79.9. The highest BCUT2D eigenvalue weighted by Crippen LogP contribution is 2.20. The average molecular weight is 273 g/mol. The van der Waals surface area contributed by atoms with Gasteiger partial charge in [0.15, 0.2) is 0 Å². The zero-order valence-corrected chi connectivity index (χ0v) is 10.7. The fraction of sp³-hybridized carbons (Fsp3) is 0.600. The number of anilines is 2. The van der Waals surface area contributed by atoms with Crippen molar-refractivity contribution in [1.29, 1.82) is 0 Å². The summed E-state index contributed by atoms with van der Waals surface area (Å²) < 4.78 is 0.847. The molecule has 0 radical (unpaired) electrons. The molecule has 84 valence electrons. The highest BCUT2D eigenvalue weighted by molar-refractivity contribution is 9.10. The second-order valence-electron chi connectivity index (χ2n) is 3.61. The first-order chi connectivity index (χ1) is 7.13. The van der Waals surface area contributed by atoms with Gasteiger partial charge < -0.3 is 11.1 Å². The molecule has 1 aromatic heterocycles. The summed E-state index contributed by atoms with van der Waals surface area (Å²) in [6, 6.07) is 0.399. The molecule has 0 spiro atoms. The second-order valence-corrected chi connectivity index (χ2v) is 4.47. The predicted octanol–water partition coefficient (Wildman–Crippen LogP) is 2.81. The Morgan fingerprint density at radius 2 is 2.33 bits per heavy atom. The molecular formula is C10H17BrN4. The van der Waals surface area contributed by atoms with Gasteiger partial charge in [0, 0.05) is 12.2 Å². The van der Waals surface area contributed by atoms with Gasteiger partial charge in [-0.05, 0) is 29.3 Å². The molecule has 5 heteroatoms. The molecule has 1 unspecified atom stereocenters. The van der Waals surface area contributed by atoms with Crippen molar-refractivity contribution in [1.82, 2.24) is 9.97 Å². The van der Waals surface area contributed by atoms with E-state index in [4.69, 9.17) is 5.73 Å². The SMILES string of the molecule is CCCCC(C)Nc1nc(N)ncc1Br. The molecule has 0 aliphatic carbocycles. The Labute approximate surface area is 98.8 Å². The molecule has 1 rings (SSSR count). The van der Waals surface area contributed by atoms with Crippen molar-refractivity contribution in [3.05, 3.63) is 10.7 Å². The molecule has 0 saturated carbocycles. The quantitative estimate of drug-likeness (QED) is 0.865. The van der Waals surface area contributed by atoms with Crippen LogP contribution < -0.4 is 11.1 Å². The first-order valence-corrected chi connectivity index (χ1v) is 5.97. The number of aromatic nitrogens is 2. The van der Waals surface area contributed by atoms with Gasteiger partial charge in [0.2, 0.25) is 5.95 Å². The minimum atomic E-state index is 0.295. The summed E-state index contributed by atoms with van der Waals surface area (Å²) in [5.74, 6) is 1.06. The Bertz CT molecular complexity index is 316. The Hall–Kier alpha value is -0.840. The van der Waals surface area contributed by atoms with Crippen molar-refractivity contribution in [2.45, 2.75) is 39.2 Å². The third kappa shape index (κ3) is 4.03. The van der Waals surface area contributed by atoms with Crippen LogP contribution in [-0.4, -0.2) is 16.0 Å². The van der Waals surface area contributed by atoms with Gasteiger partial charge in [-0.25, -0.2) is 4.98 Å². The van der Waals surface area contributed by atoms with Gasteiger partial charge in [-0.2, -0.15) is 4.98 Å². The number of nitrogens with two attached hydrogens (primary N) is 1. The molecule has 0 aliphatic heterocycles. The van der Waals surface area contributed by atoms with E-state index in [0.717, 1.165) is 16.7 Å². The van der Waals surface area contributed by atoms with Gasteiger partial charge in [-0.3, -0.25) is 0 Å². The summed E-state index contributed by atoms with van der Waals surface area (Å²) in [6.45, 7) is 4.33. The van der Waals surface area contributed by atoms with E-state index in [0.29, 0.717) is 12.0 Å². The molecule has 1 heterocycles. The van der Waals surface area contributed by atoms with Gasteiger partial charge in [-0.1, -0.05) is 19.8 Å². The summed E-state index contributed by atoms with van der Waals surface area (Å²) in [5, 5.41) is 3.31. The van der Waals surface area contributed by atoms with E-state index in [2.05, 4.69) is 45.1 Å². The number of nitrogens with one attached hydrogen (secondary N) is 1. The van der Waals surface area contributed by atoms with Crippen molar-refractivity contribution >= 4 is 27.7 Å². The van der Waals surface area contributed by atoms with Crippen LogP contribution in [0.2, 0.25) is 0 Å². The summed E-state index contributed by atoms with van der Waals surface area (Å²) in [6.07, 6.45) is 5.22. The number of nitrogen functional groups attached to an aromatic ring is 1. The van der Waals surface area contributed by atoms with E-state index in [9.17, 15) is 0 Å². The predicted molar refractivity (Wildman–Crippen MR) is 66.8 cm³/mol. The van der Waals surface area contributed by atoms with Crippen molar-refractivity contribution in [3.8, 4) is 0 Å². The largest absolute Gasteiger partial charge is 0.368 e. The topological polar surface area (TPSA) is 63.8 Å². The third-order valence-corrected chi connectivity index (χ3v) is 2.72. The molecule has 15 heavy (non-hydrogen) atoms. The maximum Gasteiger partial charge on any atom is 0.221 e. The molecule has 0 saturated heterocycles. The Morgan fingerprint density at radius 1 is 1.60 bits per heavy atom. The summed E-state index contributed by atoms with van der Waals surface area (Å²) in [5.41, 5.74) is 5.52. The fourth-order valence-electron chi connectivity index (χ4n) is 1.30. The lowest BCUT2D eigenvalue weighted by atomic mass is 10.1. The van der Waals surface area contributed by atoms with Crippen LogP contribution in [0.1, 0.15) is 33.1 Å². The minimum absolute atomic E-state index is 0.295. The molecule has 3 N–H and O–H groups in total. The molecular weight excluding hydrogens is 256 g/mol. The lowest BCUT2D eigenvalue weighted by Gasteiger charge is -2.14. The Balaban J connectivity index is 2.59. The highest BCUT2D eigenvalue weighted by Gasteiger charge is 2.06. The molecule has 0 amide bonds. The minimum Gasteiger partial charge on any atom is -0.368 e. The summed E-state index contributed by atoms with van der Waals surface area (Å²) in [7, 11) is 0. The Kier molecular flexibility index (Phi) is 4.81. The second kappa shape index (κ2) is 5.90. The van der Waals surface area contributed by atoms with Crippen LogP contribution in [0.5, 0.6) is 0 Å². The van der Waals surface area contributed by atoms with Crippen LogP contribution in [0.4, 0.5) is 11.8 Å². The molecule has 0 bridgehead atoms. The fourth-order valence-corrected chi connectivity index (χ4v) is 1.60. The number of unbranched alkanes of at least 4 members (excludes halogenated alkanes) is 1. The van der Waals surface area contributed by atoms with Gasteiger partial charge in [-0.15, -0.1) is 0 Å². The van der Waals surface area contributed by atoms with E-state index in [1.54, 1.807) is 6.20 Å². The normalized spacial score (nSPS) is 12.5. The number of rotatable bonds is 5. The van der Waals surface area contributed by atoms with Crippen LogP contribution >= 0.6 is 15.9 Å². The molecule has 1 aromatic rings. The Morgan fingerprint density at radius 3 is 3.00 bits per heavy atom. The van der Waals surface area contributed by atoms with E-state index in [-0.39, 0.29) is 0 Å². The smallest absolute Gasteiger partial charge is 0.221 e. The molecule has 0 aromatic carbocycles. The van der Waals surface area contributed by atoms with Crippen LogP contribution in [-0.2, 0) is 0 Å². The van der Waals surface area contributed by atoms with Gasteiger partial charge in [0.05, 0.1) is 4.47 Å². The van der Waals surface area contributed by atoms with Crippen molar-refractivity contribution in [2.75, 3.05) is 11.1 Å². The zero-order chi connectivity index (χ0) is 11.3. The first-order valence-electron chi connectivity index (χ1n) is 5.18. The van der Waals surface area contributed by atoms with E-state index in [1.807, 2.05) is 0 Å². The van der Waals surface area contributed by atoms with E-state index < -0.39 is 0 Å². The van der Waals surface area contributed by atoms with Crippen LogP contribution in [0.15, 0.2) is 10.7 Å². The van der Waals surface area contributed by atoms with Crippen molar-refractivity contribution in [3.63, 3.8) is 0 Å². The molecule has 1 atom stereocenters. The van der Waals surface area contributed by atoms with Crippen molar-refractivity contribution in [2.24, 2.45) is 0 Å². The van der Waals surface area contributed by atoms with Gasteiger partial charge >= 0.3 is 0 Å². The lowest BCUT2D eigenvalue weighted by molar-refractivity contribution is 0.643. The maximum atomic E-state index is 5.52. The van der Waals surface area contributed by atoms with Crippen LogP contribution in [0.25, 0.3) is 0 Å². The maximum absolute atomic E-state index is 5.52. The first kappa shape index (κ1) is 12.2. The van der Waals surface area contributed by atoms with E-state index >= 15 is 0 Å². The summed E-state index contributed by atoms with van der Waals surface area (Å²) >= 11 is 3.38. The summed E-state index contributed by atoms with van der Waals surface area (Å²) in [4.78, 5) is 8.02. The lowest BCUT2D eigenvalue weighted by Crippen LogP contribution is -2.16. The molecule has 0 aliphatic rings. The van der Waals surface area contributed by atoms with E-state index in [1.165, 1.54) is 12.8 Å². The number of hydrogen-bond acceptors (Lipinski definition) is 4. The zero-order valence-electron chi connectivity index (χ0n) is 9.13. The number of halogens is 1. The molecule has 4 nitrogen and oxygen atoms in total. The average Bonchev–Trinajstić information content (AvgIpc) is 2.20. The third-order valence-electron chi connectivity index (χ3n) is 2.14. The van der Waals surface area contributed by atoms with Crippen LogP contribution in [0, 0.1) is 0 Å².